The number of halogens is 1. The molecule has 7 heterocycles. The summed E-state index contributed by atoms with van der Waals surface area (Å²) < 4.78 is 105. The first kappa shape index (κ1) is 63.1. The van der Waals surface area contributed by atoms with Crippen LogP contribution >= 0.6 is 26.0 Å². The van der Waals surface area contributed by atoms with Crippen molar-refractivity contribution < 1.29 is 89.2 Å². The van der Waals surface area contributed by atoms with Gasteiger partial charge < -0.3 is 65.4 Å². The van der Waals surface area contributed by atoms with Crippen LogP contribution in [0.25, 0.3) is 22.3 Å². The number of rotatable bonds is 26. The van der Waals surface area contributed by atoms with Crippen molar-refractivity contribution in [3.8, 4) is 5.88 Å². The average Bonchev–Trinajstić information content (AvgIpc) is 3.02. The molecule has 3 saturated heterocycles. The maximum Gasteiger partial charge on any atom is 0.472 e. The van der Waals surface area contributed by atoms with Gasteiger partial charge in [-0.25, -0.2) is 38.4 Å². The molecule has 4 aromatic heterocycles. The standard InChI is InChI=1S/C48H66FN13O18P2S/c1-27(2)38(60-35(64)9-11-71-13-15-73-17-18-74-16-14-72-12-10-51-29(4)63)47(67)58-28(3)45(65)59-31-7-5-30(6-8-31)22-83-82(70)76-21-34-41(37(49)48(78-34)62-26-56-39-42(50)52-23-53-43(39)62)80-81(68,69)75-20-33-32(79-82)19-36(77-33)61-25-57-40-44(61)54-24-55-46(40)66/h5-8,23-28,32-34,36-38,41,48H,9-22H2,1-4H3,(H,51,63)(H,58,67)(H,59,65)(H,60,64)(H,68,69)(H2,50,52,53)(H,54,55,66)/t28-,32-,33+,34+,36+,37+,38-,41+,48+,82?/m0/s1. The molecule has 0 spiro atoms. The summed E-state index contributed by atoms with van der Waals surface area (Å²) in [6.45, 7) is 3.53. The van der Waals surface area contributed by atoms with Crippen molar-refractivity contribution >= 4 is 83.5 Å². The molecule has 3 fully saturated rings. The Hall–Kier alpha value is -5.90. The highest BCUT2D eigenvalue weighted by atomic mass is 32.7. The van der Waals surface area contributed by atoms with Gasteiger partial charge in [0.15, 0.2) is 35.0 Å². The molecule has 0 bridgehead atoms. The number of alkyl halides is 1. The molecule has 3 aliphatic rings. The van der Waals surface area contributed by atoms with E-state index in [4.69, 9.17) is 52.2 Å². The van der Waals surface area contributed by atoms with E-state index in [1.807, 2.05) is 0 Å². The van der Waals surface area contributed by atoms with E-state index in [2.05, 4.69) is 51.2 Å². The summed E-state index contributed by atoms with van der Waals surface area (Å²) in [6, 6.07) is 4.47. The summed E-state index contributed by atoms with van der Waals surface area (Å²) in [7, 11) is -5.12. The Morgan fingerprint density at radius 1 is 0.783 bits per heavy atom. The van der Waals surface area contributed by atoms with Gasteiger partial charge in [0, 0.05) is 37.8 Å². The predicted molar refractivity (Wildman–Crippen MR) is 290 cm³/mol. The number of nitrogen functional groups attached to an aromatic ring is 1. The summed E-state index contributed by atoms with van der Waals surface area (Å²) >= 11 is 0.757. The molecular formula is C48H66FN13O18P2S. The van der Waals surface area contributed by atoms with Crippen molar-refractivity contribution in [1.82, 2.24) is 55.0 Å². The summed E-state index contributed by atoms with van der Waals surface area (Å²) in [5.41, 5.74) is 7.34. The Balaban J connectivity index is 0.843. The van der Waals surface area contributed by atoms with Gasteiger partial charge in [-0.2, -0.15) is 4.98 Å². The quantitative estimate of drug-likeness (QED) is 0.0309. The van der Waals surface area contributed by atoms with Gasteiger partial charge in [-0.3, -0.25) is 46.4 Å². The highest BCUT2D eigenvalue weighted by Gasteiger charge is 2.53. The fourth-order valence-corrected chi connectivity index (χ4v) is 13.0. The number of nitrogens with two attached hydrogens (primary N) is 1. The number of fused-ring (bicyclic) bond motifs is 4. The molecular weight excluding hydrogens is 1160 g/mol. The molecule has 454 valence electrons. The second-order valence-corrected chi connectivity index (χ2v) is 24.8. The number of carbonyl (C=O) groups excluding carboxylic acids is 4. The third kappa shape index (κ3) is 17.1. The number of aromatic nitrogens is 8. The van der Waals surface area contributed by atoms with E-state index in [0.29, 0.717) is 50.8 Å². The van der Waals surface area contributed by atoms with Gasteiger partial charge in [-0.05, 0) is 41.9 Å². The molecule has 35 heteroatoms. The van der Waals surface area contributed by atoms with Gasteiger partial charge in [0.05, 0.1) is 78.7 Å². The van der Waals surface area contributed by atoms with Gasteiger partial charge in [-0.15, -0.1) is 0 Å². The molecule has 0 saturated carbocycles. The Morgan fingerprint density at radius 2 is 1.42 bits per heavy atom. The van der Waals surface area contributed by atoms with Crippen LogP contribution in [-0.2, 0) is 80.6 Å². The molecule has 83 heavy (non-hydrogen) atoms. The zero-order valence-corrected chi connectivity index (χ0v) is 48.2. The second-order valence-electron chi connectivity index (χ2n) is 19.4. The summed E-state index contributed by atoms with van der Waals surface area (Å²) in [4.78, 5) is 85.7. The fraction of sp³-hybridized carbons (Fsp3) is 0.583. The first-order valence-electron chi connectivity index (χ1n) is 26.3. The molecule has 31 nitrogen and oxygen atoms in total. The first-order valence-corrected chi connectivity index (χ1v) is 30.9. The minimum atomic E-state index is -5.12. The number of carbonyl (C=O) groups is 4. The van der Waals surface area contributed by atoms with Crippen LogP contribution in [0.1, 0.15) is 58.6 Å². The lowest BCUT2D eigenvalue weighted by molar-refractivity contribution is -0.132. The van der Waals surface area contributed by atoms with E-state index < -0.39 is 107 Å². The molecule has 5 aromatic rings. The molecule has 3 aliphatic heterocycles. The van der Waals surface area contributed by atoms with Crippen LogP contribution < -0.4 is 27.0 Å². The van der Waals surface area contributed by atoms with Gasteiger partial charge in [0.25, 0.3) is 0 Å². The average molecular weight is 1230 g/mol. The summed E-state index contributed by atoms with van der Waals surface area (Å²) in [5, 5.41) is 21.1. The van der Waals surface area contributed by atoms with E-state index >= 15 is 8.96 Å². The Kier molecular flexibility index (Phi) is 22.3. The number of amides is 4. The monoisotopic (exact) mass is 1230 g/mol. The Bertz CT molecular complexity index is 3120. The lowest BCUT2D eigenvalue weighted by Gasteiger charge is -2.28. The SMILES string of the molecule is CC(=O)NCCOCCOCCOCCOCCC(=O)N[C@H](C(=O)N[C@@H](C)C(=O)Nc1ccc(CSP2(=O)OC[C@H]3O[C@@H](n4cnc5c(N)ncnc54)[C@H](F)[C@@H]3OP(=O)(O)OC[C@H]3O[C@@H](n4cnc5c(O)ncnc54)C[C@@H]3O2)cc1)C(C)C. The minimum Gasteiger partial charge on any atom is -0.492 e. The predicted octanol–water partition coefficient (Wildman–Crippen LogP) is 2.61. The second kappa shape index (κ2) is 29.3. The summed E-state index contributed by atoms with van der Waals surface area (Å²) in [5.74, 6) is -2.42. The number of ether oxygens (including phenoxy) is 6. The van der Waals surface area contributed by atoms with Crippen molar-refractivity contribution in [3.05, 3.63) is 55.1 Å². The smallest absolute Gasteiger partial charge is 0.472 e. The molecule has 8 rings (SSSR count). The zero-order chi connectivity index (χ0) is 59.3. The molecule has 2 unspecified atom stereocenters. The normalized spacial score (nSPS) is 25.5. The molecule has 8 N–H and O–H groups in total. The number of anilines is 2. The van der Waals surface area contributed by atoms with Crippen molar-refractivity contribution in [1.29, 1.82) is 0 Å². The number of aromatic hydroxyl groups is 1. The number of phosphoric acid groups is 1. The largest absolute Gasteiger partial charge is 0.492 e. The molecule has 1 aromatic carbocycles. The highest BCUT2D eigenvalue weighted by molar-refractivity contribution is 8.54. The molecule has 0 radical (unpaired) electrons. The highest BCUT2D eigenvalue weighted by Crippen LogP contribution is 2.64. The number of hydrogen-bond acceptors (Lipinski definition) is 25. The van der Waals surface area contributed by atoms with E-state index in [0.717, 1.165) is 24.0 Å². The molecule has 0 aliphatic carbocycles. The lowest BCUT2D eigenvalue weighted by atomic mass is 10.0. The summed E-state index contributed by atoms with van der Waals surface area (Å²) in [6.07, 6.45) is -5.75. The minimum absolute atomic E-state index is 0.00429. The fourth-order valence-electron chi connectivity index (χ4n) is 8.66. The van der Waals surface area contributed by atoms with Crippen LogP contribution in [0.4, 0.5) is 15.9 Å². The van der Waals surface area contributed by atoms with Gasteiger partial charge in [0.2, 0.25) is 29.5 Å². The number of hydrogen-bond donors (Lipinski definition) is 7. The van der Waals surface area contributed by atoms with Crippen LogP contribution in [-0.4, -0.2) is 188 Å². The number of nitrogens with one attached hydrogen (secondary N) is 4. The maximum absolute atomic E-state index is 16.6. The lowest BCUT2D eigenvalue weighted by Crippen LogP contribution is -2.53. The van der Waals surface area contributed by atoms with Gasteiger partial charge in [-0.1, -0.05) is 26.0 Å². The van der Waals surface area contributed by atoms with E-state index in [-0.39, 0.29) is 78.4 Å². The van der Waals surface area contributed by atoms with Crippen LogP contribution in [0, 0.1) is 5.92 Å². The maximum atomic E-state index is 16.6. The Morgan fingerprint density at radius 3 is 2.12 bits per heavy atom. The third-order valence-electron chi connectivity index (χ3n) is 12.9. The molecule has 11 atom stereocenters. The van der Waals surface area contributed by atoms with E-state index in [1.54, 1.807) is 38.1 Å². The molecule has 4 amide bonds. The number of phosphoric ester groups is 1. The first-order chi connectivity index (χ1) is 39.8. The van der Waals surface area contributed by atoms with Crippen molar-refractivity contribution in [2.75, 3.05) is 83.7 Å². The van der Waals surface area contributed by atoms with Crippen molar-refractivity contribution in [3.63, 3.8) is 0 Å². The third-order valence-corrected chi connectivity index (χ3v) is 17.6. The van der Waals surface area contributed by atoms with Crippen molar-refractivity contribution in [2.24, 2.45) is 5.92 Å². The van der Waals surface area contributed by atoms with E-state index in [1.165, 1.54) is 35.6 Å². The number of imidazole rings is 2. The van der Waals surface area contributed by atoms with Gasteiger partial charge >= 0.3 is 14.6 Å². The zero-order valence-electron chi connectivity index (χ0n) is 45.6. The van der Waals surface area contributed by atoms with Crippen LogP contribution in [0.2, 0.25) is 0 Å². The Labute approximate surface area is 478 Å². The van der Waals surface area contributed by atoms with Gasteiger partial charge in [0.1, 0.15) is 60.9 Å². The van der Waals surface area contributed by atoms with E-state index in [9.17, 15) is 33.7 Å². The topological polar surface area (TPSA) is 397 Å². The number of nitrogens with zero attached hydrogens (tertiary/aromatic N) is 8. The van der Waals surface area contributed by atoms with Crippen LogP contribution in [0.3, 0.4) is 0 Å². The van der Waals surface area contributed by atoms with Crippen LogP contribution in [0.15, 0.2) is 49.6 Å². The number of benzene rings is 1. The van der Waals surface area contributed by atoms with Crippen LogP contribution in [0.5, 0.6) is 5.88 Å². The van der Waals surface area contributed by atoms with Crippen molar-refractivity contribution in [2.45, 2.75) is 101 Å².